The number of rotatable bonds is 5. The second-order valence-corrected chi connectivity index (χ2v) is 5.54. The standard InChI is InChI=1S/C16H26N2O/c1-13(12-14-6-4-5-11-17-14)18(2)15-7-9-16(19-3)10-8-15/h7-10,13-14,17H,4-6,11-12H2,1-3H3. The molecule has 1 heterocycles. The second-order valence-electron chi connectivity index (χ2n) is 5.54. The number of nitrogens with zero attached hydrogens (tertiary/aromatic N) is 1. The number of benzene rings is 1. The van der Waals surface area contributed by atoms with Crippen LogP contribution in [0.4, 0.5) is 5.69 Å². The van der Waals surface area contributed by atoms with Crippen molar-refractivity contribution in [2.24, 2.45) is 0 Å². The van der Waals surface area contributed by atoms with Crippen LogP contribution in [0.25, 0.3) is 0 Å². The van der Waals surface area contributed by atoms with Crippen LogP contribution in [0.5, 0.6) is 5.75 Å². The third-order valence-electron chi connectivity index (χ3n) is 4.18. The minimum absolute atomic E-state index is 0.545. The van der Waals surface area contributed by atoms with Gasteiger partial charge in [-0.1, -0.05) is 6.42 Å². The van der Waals surface area contributed by atoms with E-state index in [9.17, 15) is 0 Å². The van der Waals surface area contributed by atoms with Gasteiger partial charge in [0, 0.05) is 24.8 Å². The summed E-state index contributed by atoms with van der Waals surface area (Å²) < 4.78 is 5.20. The first kappa shape index (κ1) is 14.2. The normalized spacial score (nSPS) is 20.9. The van der Waals surface area contributed by atoms with Crippen LogP contribution in [-0.2, 0) is 0 Å². The van der Waals surface area contributed by atoms with Crippen LogP contribution < -0.4 is 15.0 Å². The number of methoxy groups -OCH3 is 1. The van der Waals surface area contributed by atoms with E-state index in [-0.39, 0.29) is 0 Å². The zero-order chi connectivity index (χ0) is 13.7. The van der Waals surface area contributed by atoms with Crippen LogP contribution >= 0.6 is 0 Å². The summed E-state index contributed by atoms with van der Waals surface area (Å²) in [6, 6.07) is 9.54. The largest absolute Gasteiger partial charge is 0.497 e. The second kappa shape index (κ2) is 6.80. The molecule has 3 heteroatoms. The molecule has 0 saturated carbocycles. The van der Waals surface area contributed by atoms with Crippen LogP contribution in [0.15, 0.2) is 24.3 Å². The fourth-order valence-electron chi connectivity index (χ4n) is 2.77. The molecule has 1 fully saturated rings. The van der Waals surface area contributed by atoms with E-state index in [4.69, 9.17) is 4.74 Å². The highest BCUT2D eigenvalue weighted by atomic mass is 16.5. The molecule has 1 N–H and O–H groups in total. The van der Waals surface area contributed by atoms with Crippen molar-refractivity contribution < 1.29 is 4.74 Å². The van der Waals surface area contributed by atoms with Gasteiger partial charge in [0.25, 0.3) is 0 Å². The maximum atomic E-state index is 5.20. The van der Waals surface area contributed by atoms with Crippen molar-refractivity contribution in [3.63, 3.8) is 0 Å². The Balaban J connectivity index is 1.91. The average Bonchev–Trinajstić information content (AvgIpc) is 2.47. The quantitative estimate of drug-likeness (QED) is 0.882. The maximum absolute atomic E-state index is 5.20. The molecule has 1 aromatic carbocycles. The fraction of sp³-hybridized carbons (Fsp3) is 0.625. The van der Waals surface area contributed by atoms with E-state index in [2.05, 4.69) is 36.3 Å². The summed E-state index contributed by atoms with van der Waals surface area (Å²) in [4.78, 5) is 2.36. The van der Waals surface area contributed by atoms with E-state index in [1.807, 2.05) is 12.1 Å². The molecule has 106 valence electrons. The lowest BCUT2D eigenvalue weighted by Gasteiger charge is -2.32. The van der Waals surface area contributed by atoms with E-state index < -0.39 is 0 Å². The van der Waals surface area contributed by atoms with Crippen LogP contribution in [0, 0.1) is 0 Å². The van der Waals surface area contributed by atoms with Gasteiger partial charge in [0.1, 0.15) is 5.75 Å². The Morgan fingerprint density at radius 3 is 2.63 bits per heavy atom. The fourth-order valence-corrected chi connectivity index (χ4v) is 2.77. The van der Waals surface area contributed by atoms with Crippen molar-refractivity contribution in [3.05, 3.63) is 24.3 Å². The van der Waals surface area contributed by atoms with Gasteiger partial charge >= 0.3 is 0 Å². The molecule has 2 unspecified atom stereocenters. The maximum Gasteiger partial charge on any atom is 0.119 e. The number of anilines is 1. The highest BCUT2D eigenvalue weighted by molar-refractivity contribution is 5.49. The average molecular weight is 262 g/mol. The summed E-state index contributed by atoms with van der Waals surface area (Å²) >= 11 is 0. The topological polar surface area (TPSA) is 24.5 Å². The number of nitrogens with one attached hydrogen (secondary N) is 1. The highest BCUT2D eigenvalue weighted by Crippen LogP contribution is 2.22. The lowest BCUT2D eigenvalue weighted by Crippen LogP contribution is -2.40. The molecule has 0 radical (unpaired) electrons. The molecular weight excluding hydrogens is 236 g/mol. The molecular formula is C16H26N2O. The van der Waals surface area contributed by atoms with Crippen molar-refractivity contribution in [1.82, 2.24) is 5.32 Å². The van der Waals surface area contributed by atoms with Crippen molar-refractivity contribution >= 4 is 5.69 Å². The van der Waals surface area contributed by atoms with Gasteiger partial charge in [-0.25, -0.2) is 0 Å². The molecule has 0 amide bonds. The molecule has 2 atom stereocenters. The minimum Gasteiger partial charge on any atom is -0.497 e. The van der Waals surface area contributed by atoms with Crippen molar-refractivity contribution in [2.45, 2.75) is 44.7 Å². The molecule has 1 aromatic rings. The Morgan fingerprint density at radius 2 is 2.05 bits per heavy atom. The smallest absolute Gasteiger partial charge is 0.119 e. The summed E-state index contributed by atoms with van der Waals surface area (Å²) in [7, 11) is 3.88. The monoisotopic (exact) mass is 262 g/mol. The van der Waals surface area contributed by atoms with Gasteiger partial charge in [-0.05, 0) is 57.0 Å². The molecule has 0 spiro atoms. The zero-order valence-corrected chi connectivity index (χ0v) is 12.4. The summed E-state index contributed by atoms with van der Waals surface area (Å²) in [5.41, 5.74) is 1.25. The highest BCUT2D eigenvalue weighted by Gasteiger charge is 2.18. The number of hydrogen-bond donors (Lipinski definition) is 1. The van der Waals surface area contributed by atoms with Gasteiger partial charge in [0.15, 0.2) is 0 Å². The molecule has 0 aromatic heterocycles. The molecule has 1 aliphatic heterocycles. The van der Waals surface area contributed by atoms with Crippen LogP contribution in [-0.4, -0.2) is 32.8 Å². The van der Waals surface area contributed by atoms with E-state index >= 15 is 0 Å². The minimum atomic E-state index is 0.545. The SMILES string of the molecule is COc1ccc(N(C)C(C)CC2CCCCN2)cc1. The van der Waals surface area contributed by atoms with Crippen LogP contribution in [0.2, 0.25) is 0 Å². The molecule has 2 rings (SSSR count). The third kappa shape index (κ3) is 3.87. The van der Waals surface area contributed by atoms with E-state index in [1.165, 1.54) is 37.9 Å². The molecule has 1 aliphatic rings. The summed E-state index contributed by atoms with van der Waals surface area (Å²) in [5, 5.41) is 3.63. The van der Waals surface area contributed by atoms with Crippen molar-refractivity contribution in [3.8, 4) is 5.75 Å². The zero-order valence-electron chi connectivity index (χ0n) is 12.4. The Labute approximate surface area is 116 Å². The Kier molecular flexibility index (Phi) is 5.08. The number of piperidine rings is 1. The van der Waals surface area contributed by atoms with Gasteiger partial charge in [0.2, 0.25) is 0 Å². The van der Waals surface area contributed by atoms with E-state index in [1.54, 1.807) is 7.11 Å². The Hall–Kier alpha value is -1.22. The van der Waals surface area contributed by atoms with Crippen molar-refractivity contribution in [1.29, 1.82) is 0 Å². The van der Waals surface area contributed by atoms with Gasteiger partial charge in [-0.2, -0.15) is 0 Å². The first-order chi connectivity index (χ1) is 9.20. The molecule has 3 nitrogen and oxygen atoms in total. The van der Waals surface area contributed by atoms with Gasteiger partial charge in [-0.15, -0.1) is 0 Å². The molecule has 19 heavy (non-hydrogen) atoms. The lowest BCUT2D eigenvalue weighted by molar-refractivity contribution is 0.362. The Bertz CT molecular complexity index is 371. The summed E-state index contributed by atoms with van der Waals surface area (Å²) in [6.07, 6.45) is 5.24. The molecule has 0 aliphatic carbocycles. The summed E-state index contributed by atoms with van der Waals surface area (Å²) in [6.45, 7) is 3.49. The van der Waals surface area contributed by atoms with E-state index in [0.717, 1.165) is 5.75 Å². The van der Waals surface area contributed by atoms with Crippen LogP contribution in [0.3, 0.4) is 0 Å². The van der Waals surface area contributed by atoms with Gasteiger partial charge in [0.05, 0.1) is 7.11 Å². The number of hydrogen-bond acceptors (Lipinski definition) is 3. The lowest BCUT2D eigenvalue weighted by atomic mass is 9.98. The number of ether oxygens (including phenoxy) is 1. The van der Waals surface area contributed by atoms with Crippen molar-refractivity contribution in [2.75, 3.05) is 25.6 Å². The van der Waals surface area contributed by atoms with E-state index in [0.29, 0.717) is 12.1 Å². The predicted molar refractivity (Wildman–Crippen MR) is 81.1 cm³/mol. The van der Waals surface area contributed by atoms with Gasteiger partial charge < -0.3 is 15.0 Å². The predicted octanol–water partition coefficient (Wildman–Crippen LogP) is 3.05. The van der Waals surface area contributed by atoms with Gasteiger partial charge in [-0.3, -0.25) is 0 Å². The molecule has 1 saturated heterocycles. The molecule has 0 bridgehead atoms. The van der Waals surface area contributed by atoms with Crippen LogP contribution in [0.1, 0.15) is 32.6 Å². The Morgan fingerprint density at radius 1 is 1.32 bits per heavy atom. The third-order valence-corrected chi connectivity index (χ3v) is 4.18. The summed E-state index contributed by atoms with van der Waals surface area (Å²) in [5.74, 6) is 0.916. The first-order valence-corrected chi connectivity index (χ1v) is 7.31. The first-order valence-electron chi connectivity index (χ1n) is 7.31.